The number of aliphatic hydroxyl groups excluding tert-OH is 4. The molecular formula is C15H26O9. The first-order chi connectivity index (χ1) is 11.3. The van der Waals surface area contributed by atoms with Crippen molar-refractivity contribution in [2.24, 2.45) is 0 Å². The summed E-state index contributed by atoms with van der Waals surface area (Å²) in [5.74, 6) is -5.55. The van der Waals surface area contributed by atoms with Crippen molar-refractivity contribution >= 4 is 11.9 Å². The van der Waals surface area contributed by atoms with Gasteiger partial charge in [-0.3, -0.25) is 4.79 Å². The summed E-state index contributed by atoms with van der Waals surface area (Å²) < 4.78 is 9.22. The van der Waals surface area contributed by atoms with Crippen LogP contribution in [-0.2, 0) is 19.1 Å². The predicted molar refractivity (Wildman–Crippen MR) is 79.4 cm³/mol. The highest BCUT2D eigenvalue weighted by atomic mass is 16.7. The molecule has 9 heteroatoms. The topological polar surface area (TPSA) is 154 Å². The SMILES string of the molecule is CCCCCCCC(=O)OC(=O)C1(O)O[C@H](CO)[C@@H](O)[C@H](O)[C@H]1O. The Kier molecular flexibility index (Phi) is 8.20. The number of carbonyl (C=O) groups is 2. The van der Waals surface area contributed by atoms with Crippen molar-refractivity contribution in [1.82, 2.24) is 0 Å². The van der Waals surface area contributed by atoms with E-state index in [4.69, 9.17) is 9.84 Å². The van der Waals surface area contributed by atoms with E-state index in [1.165, 1.54) is 0 Å². The molecule has 1 unspecified atom stereocenters. The molecule has 1 heterocycles. The van der Waals surface area contributed by atoms with Crippen LogP contribution in [0.5, 0.6) is 0 Å². The first kappa shape index (κ1) is 20.9. The summed E-state index contributed by atoms with van der Waals surface area (Å²) in [6.45, 7) is 1.22. The maximum absolute atomic E-state index is 11.9. The molecule has 9 nitrogen and oxygen atoms in total. The van der Waals surface area contributed by atoms with Gasteiger partial charge in [-0.15, -0.1) is 0 Å². The minimum atomic E-state index is -3.05. The molecule has 0 saturated carbocycles. The number of esters is 2. The monoisotopic (exact) mass is 350 g/mol. The second kappa shape index (κ2) is 9.40. The van der Waals surface area contributed by atoms with Gasteiger partial charge in [-0.05, 0) is 6.42 Å². The Bertz CT molecular complexity index is 425. The Hall–Kier alpha value is -1.10. The van der Waals surface area contributed by atoms with Crippen molar-refractivity contribution < 1.29 is 44.6 Å². The van der Waals surface area contributed by atoms with Crippen LogP contribution >= 0.6 is 0 Å². The van der Waals surface area contributed by atoms with Crippen molar-refractivity contribution in [1.29, 1.82) is 0 Å². The summed E-state index contributed by atoms with van der Waals surface area (Å²) in [5.41, 5.74) is 0. The van der Waals surface area contributed by atoms with E-state index < -0.39 is 48.7 Å². The average Bonchev–Trinajstić information content (AvgIpc) is 2.56. The van der Waals surface area contributed by atoms with Gasteiger partial charge in [-0.1, -0.05) is 32.6 Å². The van der Waals surface area contributed by atoms with E-state index in [1.54, 1.807) is 0 Å². The zero-order valence-electron chi connectivity index (χ0n) is 13.6. The third kappa shape index (κ3) is 4.95. The Balaban J connectivity index is 2.59. The zero-order chi connectivity index (χ0) is 18.3. The van der Waals surface area contributed by atoms with Crippen LogP contribution in [0.1, 0.15) is 45.4 Å². The van der Waals surface area contributed by atoms with Gasteiger partial charge in [0.05, 0.1) is 6.61 Å². The van der Waals surface area contributed by atoms with E-state index in [2.05, 4.69) is 4.74 Å². The highest BCUT2D eigenvalue weighted by molar-refractivity contribution is 5.90. The zero-order valence-corrected chi connectivity index (χ0v) is 13.6. The molecule has 5 atom stereocenters. The number of hydrogen-bond acceptors (Lipinski definition) is 9. The van der Waals surface area contributed by atoms with Gasteiger partial charge in [0.25, 0.3) is 5.79 Å². The maximum atomic E-state index is 11.9. The Morgan fingerprint density at radius 2 is 1.71 bits per heavy atom. The summed E-state index contributed by atoms with van der Waals surface area (Å²) in [5, 5.41) is 48.1. The number of unbranched alkanes of at least 4 members (excludes halogenated alkanes) is 4. The van der Waals surface area contributed by atoms with Crippen LogP contribution in [0.3, 0.4) is 0 Å². The third-order valence-electron chi connectivity index (χ3n) is 3.95. The van der Waals surface area contributed by atoms with E-state index in [-0.39, 0.29) is 6.42 Å². The molecule has 0 aromatic carbocycles. The molecule has 0 bridgehead atoms. The molecule has 1 aliphatic heterocycles. The molecule has 0 aromatic heterocycles. The first-order valence-corrected chi connectivity index (χ1v) is 8.08. The highest BCUT2D eigenvalue weighted by Gasteiger charge is 2.58. The summed E-state index contributed by atoms with van der Waals surface area (Å²) >= 11 is 0. The number of aliphatic hydroxyl groups is 5. The van der Waals surface area contributed by atoms with E-state index in [0.717, 1.165) is 25.7 Å². The van der Waals surface area contributed by atoms with Gasteiger partial charge in [0, 0.05) is 6.42 Å². The maximum Gasteiger partial charge on any atom is 0.377 e. The molecule has 0 amide bonds. The van der Waals surface area contributed by atoms with Crippen LogP contribution in [0, 0.1) is 0 Å². The van der Waals surface area contributed by atoms with Gasteiger partial charge in [0.15, 0.2) is 0 Å². The Labute approximate surface area is 139 Å². The van der Waals surface area contributed by atoms with E-state index >= 15 is 0 Å². The van der Waals surface area contributed by atoms with Gasteiger partial charge >= 0.3 is 11.9 Å². The van der Waals surface area contributed by atoms with Crippen molar-refractivity contribution in [2.75, 3.05) is 6.61 Å². The second-order valence-electron chi connectivity index (χ2n) is 5.89. The van der Waals surface area contributed by atoms with Crippen molar-refractivity contribution in [3.05, 3.63) is 0 Å². The normalized spacial score (nSPS) is 33.2. The molecule has 5 N–H and O–H groups in total. The second-order valence-corrected chi connectivity index (χ2v) is 5.89. The number of carbonyl (C=O) groups excluding carboxylic acids is 2. The molecule has 1 saturated heterocycles. The Morgan fingerprint density at radius 1 is 1.08 bits per heavy atom. The first-order valence-electron chi connectivity index (χ1n) is 8.08. The largest absolute Gasteiger partial charge is 0.394 e. The lowest BCUT2D eigenvalue weighted by atomic mass is 9.92. The fourth-order valence-corrected chi connectivity index (χ4v) is 2.42. The molecule has 0 aliphatic carbocycles. The van der Waals surface area contributed by atoms with Crippen molar-refractivity contribution in [3.63, 3.8) is 0 Å². The third-order valence-corrected chi connectivity index (χ3v) is 3.95. The minimum absolute atomic E-state index is 0.0454. The highest BCUT2D eigenvalue weighted by Crippen LogP contribution is 2.29. The van der Waals surface area contributed by atoms with Crippen molar-refractivity contribution in [2.45, 2.75) is 75.7 Å². The lowest BCUT2D eigenvalue weighted by Crippen LogP contribution is -2.68. The van der Waals surface area contributed by atoms with E-state index in [9.17, 15) is 30.0 Å². The van der Waals surface area contributed by atoms with Gasteiger partial charge < -0.3 is 35.0 Å². The summed E-state index contributed by atoms with van der Waals surface area (Å²) in [7, 11) is 0. The number of ether oxygens (including phenoxy) is 2. The molecular weight excluding hydrogens is 324 g/mol. The molecule has 0 spiro atoms. The molecule has 0 aromatic rings. The Morgan fingerprint density at radius 3 is 2.29 bits per heavy atom. The van der Waals surface area contributed by atoms with E-state index in [1.807, 2.05) is 6.92 Å². The molecule has 1 fully saturated rings. The van der Waals surface area contributed by atoms with Crippen LogP contribution < -0.4 is 0 Å². The molecule has 0 radical (unpaired) electrons. The minimum Gasteiger partial charge on any atom is -0.394 e. The van der Waals surface area contributed by atoms with Crippen LogP contribution in [0.2, 0.25) is 0 Å². The van der Waals surface area contributed by atoms with Gasteiger partial charge in [-0.2, -0.15) is 0 Å². The average molecular weight is 350 g/mol. The standard InChI is InChI=1S/C15H26O9/c1-2-3-4-5-6-7-10(17)23-14(21)15(22)13(20)12(19)11(18)9(8-16)24-15/h9,11-13,16,18-20,22H,2-8H2,1H3/t9-,11-,12+,13-,15?/m1/s1. The summed E-state index contributed by atoms with van der Waals surface area (Å²) in [6.07, 6.45) is -3.15. The molecule has 1 rings (SSSR count). The van der Waals surface area contributed by atoms with Gasteiger partial charge in [-0.25, -0.2) is 4.79 Å². The number of hydrogen-bond donors (Lipinski definition) is 5. The fraction of sp³-hybridized carbons (Fsp3) is 0.867. The quantitative estimate of drug-likeness (QED) is 0.201. The predicted octanol–water partition coefficient (Wildman–Crippen LogP) is -1.42. The summed E-state index contributed by atoms with van der Waals surface area (Å²) in [4.78, 5) is 23.6. The van der Waals surface area contributed by atoms with Crippen molar-refractivity contribution in [3.8, 4) is 0 Å². The lowest BCUT2D eigenvalue weighted by Gasteiger charge is -2.43. The molecule has 1 aliphatic rings. The molecule has 140 valence electrons. The fourth-order valence-electron chi connectivity index (χ4n) is 2.42. The summed E-state index contributed by atoms with van der Waals surface area (Å²) in [6, 6.07) is 0. The van der Waals surface area contributed by atoms with Crippen LogP contribution in [0.4, 0.5) is 0 Å². The van der Waals surface area contributed by atoms with Gasteiger partial charge in [0.1, 0.15) is 24.4 Å². The number of rotatable bonds is 8. The van der Waals surface area contributed by atoms with Crippen LogP contribution in [0.25, 0.3) is 0 Å². The van der Waals surface area contributed by atoms with E-state index in [0.29, 0.717) is 6.42 Å². The lowest BCUT2D eigenvalue weighted by molar-refractivity contribution is -0.338. The smallest absolute Gasteiger partial charge is 0.377 e. The van der Waals surface area contributed by atoms with Crippen LogP contribution in [0.15, 0.2) is 0 Å². The molecule has 24 heavy (non-hydrogen) atoms. The van der Waals surface area contributed by atoms with Gasteiger partial charge in [0.2, 0.25) is 0 Å². The van der Waals surface area contributed by atoms with Crippen LogP contribution in [-0.4, -0.2) is 74.3 Å².